The van der Waals surface area contributed by atoms with Gasteiger partial charge in [0.25, 0.3) is 0 Å². The third kappa shape index (κ3) is 5.64. The van der Waals surface area contributed by atoms with Crippen LogP contribution in [0.1, 0.15) is 38.7 Å². The SMILES string of the molecule is CN(C)c1cccc2c1CCN(C(=O)/C=C/c1c(-n3cnnn3)ccc(Cl)c1F)C2C(=O)Cc1ccc(C(=O)O)cc1. The second-order valence-electron chi connectivity index (χ2n) is 9.95. The molecule has 0 saturated carbocycles. The number of hydrogen-bond acceptors (Lipinski definition) is 7. The molecule has 0 spiro atoms. The second kappa shape index (κ2) is 11.9. The molecule has 1 N–H and O–H groups in total. The summed E-state index contributed by atoms with van der Waals surface area (Å²) in [5.74, 6) is -2.53. The van der Waals surface area contributed by atoms with Gasteiger partial charge >= 0.3 is 5.97 Å². The molecule has 1 unspecified atom stereocenters. The van der Waals surface area contributed by atoms with Crippen LogP contribution in [0.25, 0.3) is 11.8 Å². The van der Waals surface area contributed by atoms with Crippen molar-refractivity contribution in [2.45, 2.75) is 18.9 Å². The van der Waals surface area contributed by atoms with Gasteiger partial charge in [-0.2, -0.15) is 4.68 Å². The second-order valence-corrected chi connectivity index (χ2v) is 10.4. The standard InChI is InChI=1S/C30H26ClFN6O4/c1-36(2)24-5-3-4-21-20(24)14-15-37(29(21)26(39)16-18-6-8-19(9-7-18)30(41)42)27(40)13-10-22-25(38-17-33-34-35-38)12-11-23(31)28(22)32/h3-13,17,29H,14-16H2,1-2H3,(H,41,42)/b13-10+. The highest BCUT2D eigenvalue weighted by atomic mass is 35.5. The first-order chi connectivity index (χ1) is 20.2. The van der Waals surface area contributed by atoms with Crippen LogP contribution in [-0.2, 0) is 22.4 Å². The molecule has 5 rings (SSSR count). The number of carbonyl (C=O) groups is 3. The number of carboxylic acids is 1. The Kier molecular flexibility index (Phi) is 8.12. The number of hydrogen-bond donors (Lipinski definition) is 1. The van der Waals surface area contributed by atoms with Crippen LogP contribution in [0.3, 0.4) is 0 Å². The predicted molar refractivity (Wildman–Crippen MR) is 154 cm³/mol. The lowest BCUT2D eigenvalue weighted by atomic mass is 9.86. The van der Waals surface area contributed by atoms with E-state index in [0.29, 0.717) is 17.5 Å². The molecule has 3 aromatic carbocycles. The molecular formula is C30H26ClFN6O4. The highest BCUT2D eigenvalue weighted by Gasteiger charge is 2.36. The Balaban J connectivity index is 1.51. The first-order valence-electron chi connectivity index (χ1n) is 13.0. The van der Waals surface area contributed by atoms with E-state index < -0.39 is 23.7 Å². The van der Waals surface area contributed by atoms with Crippen LogP contribution in [0.4, 0.5) is 10.1 Å². The fraction of sp³-hybridized carbons (Fsp3) is 0.200. The van der Waals surface area contributed by atoms with Crippen molar-refractivity contribution in [2.24, 2.45) is 0 Å². The van der Waals surface area contributed by atoms with E-state index in [4.69, 9.17) is 11.6 Å². The van der Waals surface area contributed by atoms with E-state index in [0.717, 1.165) is 11.3 Å². The number of halogens is 2. The number of amides is 1. The Morgan fingerprint density at radius 2 is 1.88 bits per heavy atom. The maximum atomic E-state index is 15.1. The van der Waals surface area contributed by atoms with Crippen molar-refractivity contribution in [2.75, 3.05) is 25.5 Å². The van der Waals surface area contributed by atoms with Gasteiger partial charge in [0.2, 0.25) is 5.91 Å². The number of tetrazole rings is 1. The lowest BCUT2D eigenvalue weighted by molar-refractivity contribution is -0.136. The summed E-state index contributed by atoms with van der Waals surface area (Å²) >= 11 is 6.03. The third-order valence-electron chi connectivity index (χ3n) is 7.14. The van der Waals surface area contributed by atoms with Crippen LogP contribution in [0.2, 0.25) is 5.02 Å². The smallest absolute Gasteiger partial charge is 0.335 e. The first kappa shape index (κ1) is 28.6. The van der Waals surface area contributed by atoms with Gasteiger partial charge in [0, 0.05) is 44.4 Å². The van der Waals surface area contributed by atoms with E-state index in [-0.39, 0.29) is 40.6 Å². The van der Waals surface area contributed by atoms with E-state index >= 15 is 4.39 Å². The van der Waals surface area contributed by atoms with Gasteiger partial charge in [-0.3, -0.25) is 9.59 Å². The van der Waals surface area contributed by atoms with Crippen LogP contribution in [-0.4, -0.2) is 68.5 Å². The fourth-order valence-electron chi connectivity index (χ4n) is 5.15. The van der Waals surface area contributed by atoms with E-state index in [1.807, 2.05) is 37.2 Å². The first-order valence-corrected chi connectivity index (χ1v) is 13.4. The number of carbonyl (C=O) groups excluding carboxylic acids is 2. The molecule has 1 amide bonds. The van der Waals surface area contributed by atoms with E-state index in [2.05, 4.69) is 15.5 Å². The molecule has 1 aromatic heterocycles. The van der Waals surface area contributed by atoms with Crippen molar-refractivity contribution in [3.05, 3.63) is 106 Å². The Labute approximate surface area is 245 Å². The number of fused-ring (bicyclic) bond motifs is 1. The third-order valence-corrected chi connectivity index (χ3v) is 7.44. The molecule has 1 aliphatic rings. The molecule has 4 aromatic rings. The van der Waals surface area contributed by atoms with E-state index in [9.17, 15) is 19.5 Å². The number of carboxylic acid groups (broad SMARTS) is 1. The van der Waals surface area contributed by atoms with Crippen LogP contribution in [0.5, 0.6) is 0 Å². The van der Waals surface area contributed by atoms with Gasteiger partial charge in [-0.05, 0) is 69.9 Å². The minimum atomic E-state index is -1.06. The van der Waals surface area contributed by atoms with Gasteiger partial charge in [0.1, 0.15) is 12.4 Å². The van der Waals surface area contributed by atoms with Crippen molar-refractivity contribution in [3.63, 3.8) is 0 Å². The van der Waals surface area contributed by atoms with Crippen molar-refractivity contribution in [3.8, 4) is 5.69 Å². The average Bonchev–Trinajstić information content (AvgIpc) is 3.51. The molecule has 0 bridgehead atoms. The number of rotatable bonds is 8. The number of ketones is 1. The summed E-state index contributed by atoms with van der Waals surface area (Å²) in [6, 6.07) is 13.7. The summed E-state index contributed by atoms with van der Waals surface area (Å²) in [4.78, 5) is 42.3. The largest absolute Gasteiger partial charge is 0.478 e. The predicted octanol–water partition coefficient (Wildman–Crippen LogP) is 4.17. The monoisotopic (exact) mass is 588 g/mol. The Morgan fingerprint density at radius 3 is 2.55 bits per heavy atom. The van der Waals surface area contributed by atoms with Crippen LogP contribution in [0.15, 0.2) is 67.0 Å². The van der Waals surface area contributed by atoms with Gasteiger partial charge in [-0.15, -0.1) is 5.10 Å². The van der Waals surface area contributed by atoms with Crippen molar-refractivity contribution in [1.29, 1.82) is 0 Å². The molecule has 214 valence electrons. The zero-order valence-electron chi connectivity index (χ0n) is 22.7. The number of aromatic nitrogens is 4. The molecule has 0 saturated heterocycles. The van der Waals surface area contributed by atoms with Crippen molar-refractivity contribution < 1.29 is 23.9 Å². The molecule has 42 heavy (non-hydrogen) atoms. The fourth-order valence-corrected chi connectivity index (χ4v) is 5.32. The molecule has 0 radical (unpaired) electrons. The lowest BCUT2D eigenvalue weighted by Crippen LogP contribution is -2.43. The minimum absolute atomic E-state index is 0.0110. The quantitative estimate of drug-likeness (QED) is 0.304. The van der Waals surface area contributed by atoms with E-state index in [1.165, 1.54) is 52.3 Å². The average molecular weight is 589 g/mol. The highest BCUT2D eigenvalue weighted by Crippen LogP contribution is 2.36. The number of aromatic carboxylic acids is 1. The Hall–Kier alpha value is -4.90. The molecular weight excluding hydrogens is 563 g/mol. The lowest BCUT2D eigenvalue weighted by Gasteiger charge is -2.37. The molecule has 0 fully saturated rings. The summed E-state index contributed by atoms with van der Waals surface area (Å²) in [6.07, 6.45) is 4.31. The van der Waals surface area contributed by atoms with Gasteiger partial charge in [-0.1, -0.05) is 35.9 Å². The summed E-state index contributed by atoms with van der Waals surface area (Å²) in [5.41, 5.74) is 3.66. The maximum Gasteiger partial charge on any atom is 0.335 e. The number of nitrogens with zero attached hydrogens (tertiary/aromatic N) is 6. The normalized spacial score (nSPS) is 14.6. The van der Waals surface area contributed by atoms with Crippen LogP contribution >= 0.6 is 11.6 Å². The number of anilines is 1. The number of benzene rings is 3. The highest BCUT2D eigenvalue weighted by molar-refractivity contribution is 6.31. The van der Waals surface area contributed by atoms with Gasteiger partial charge in [-0.25, -0.2) is 9.18 Å². The van der Waals surface area contributed by atoms with Crippen LogP contribution < -0.4 is 4.90 Å². The molecule has 1 atom stereocenters. The molecule has 12 heteroatoms. The molecule has 10 nitrogen and oxygen atoms in total. The molecule has 1 aliphatic heterocycles. The van der Waals surface area contributed by atoms with Crippen molar-refractivity contribution >= 4 is 41.0 Å². The van der Waals surface area contributed by atoms with Gasteiger partial charge in [0.15, 0.2) is 11.6 Å². The minimum Gasteiger partial charge on any atom is -0.478 e. The summed E-state index contributed by atoms with van der Waals surface area (Å²) in [5, 5.41) is 20.1. The Bertz CT molecular complexity index is 1690. The summed E-state index contributed by atoms with van der Waals surface area (Å²) in [6.45, 7) is 0.257. The Morgan fingerprint density at radius 1 is 1.12 bits per heavy atom. The zero-order chi connectivity index (χ0) is 30.0. The maximum absolute atomic E-state index is 15.1. The van der Waals surface area contributed by atoms with Crippen LogP contribution in [0, 0.1) is 5.82 Å². The van der Waals surface area contributed by atoms with Crippen molar-refractivity contribution in [1.82, 2.24) is 25.1 Å². The zero-order valence-corrected chi connectivity index (χ0v) is 23.5. The molecule has 0 aliphatic carbocycles. The molecule has 2 heterocycles. The topological polar surface area (TPSA) is 122 Å². The summed E-state index contributed by atoms with van der Waals surface area (Å²) in [7, 11) is 3.83. The van der Waals surface area contributed by atoms with E-state index in [1.54, 1.807) is 12.1 Å². The van der Waals surface area contributed by atoms with Gasteiger partial charge < -0.3 is 14.9 Å². The van der Waals surface area contributed by atoms with Gasteiger partial charge in [0.05, 0.1) is 16.3 Å². The summed E-state index contributed by atoms with van der Waals surface area (Å²) < 4.78 is 16.4. The number of Topliss-reactive ketones (excluding diaryl/α,β-unsaturated/α-hetero) is 1.